The van der Waals surface area contributed by atoms with Crippen LogP contribution < -0.4 is 5.32 Å². The maximum Gasteiger partial charge on any atom is 0.418 e. The lowest BCUT2D eigenvalue weighted by molar-refractivity contribution is -0.163. The highest BCUT2D eigenvalue weighted by Gasteiger charge is 2.46. The predicted octanol–water partition coefficient (Wildman–Crippen LogP) is 5.84. The molecule has 1 aliphatic rings. The Kier molecular flexibility index (Phi) is 8.80. The van der Waals surface area contributed by atoms with Crippen LogP contribution in [0.4, 0.5) is 36.8 Å². The highest BCUT2D eigenvalue weighted by molar-refractivity contribution is 7.99. The first-order valence-corrected chi connectivity index (χ1v) is 11.7. The molecule has 1 N–H and O–H groups in total. The molecule has 13 heteroatoms. The molecule has 1 heterocycles. The number of anilines is 1. The number of hydrogen-bond acceptors (Lipinski definition) is 4. The van der Waals surface area contributed by atoms with Crippen LogP contribution in [0, 0.1) is 0 Å². The van der Waals surface area contributed by atoms with E-state index in [4.69, 9.17) is 4.74 Å². The van der Waals surface area contributed by atoms with Gasteiger partial charge in [-0.1, -0.05) is 23.9 Å². The molecule has 3 amide bonds. The van der Waals surface area contributed by atoms with Crippen LogP contribution in [0.3, 0.4) is 0 Å². The SMILES string of the molecule is CN(C)C(=O)Nc1cccc(Sc2ccc(C=CC(=O)N3CCOCC3)c(C(F)(F)F)c2C(F)(F)F)c1. The van der Waals surface area contributed by atoms with Crippen molar-refractivity contribution in [1.29, 1.82) is 0 Å². The summed E-state index contributed by atoms with van der Waals surface area (Å²) in [6.45, 7) is 0.981. The van der Waals surface area contributed by atoms with Crippen molar-refractivity contribution in [3.63, 3.8) is 0 Å². The number of morpholine rings is 1. The Bertz CT molecular complexity index is 1180. The molecule has 6 nitrogen and oxygen atoms in total. The van der Waals surface area contributed by atoms with Gasteiger partial charge in [-0.3, -0.25) is 4.79 Å². The van der Waals surface area contributed by atoms with Gasteiger partial charge in [-0.05, 0) is 35.9 Å². The molecule has 0 aromatic heterocycles. The number of nitrogens with one attached hydrogen (secondary N) is 1. The fourth-order valence-corrected chi connectivity index (χ4v) is 4.50. The third kappa shape index (κ3) is 7.41. The normalized spacial score (nSPS) is 14.6. The highest BCUT2D eigenvalue weighted by Crippen LogP contribution is 2.48. The molecule has 3 rings (SSSR count). The first-order valence-electron chi connectivity index (χ1n) is 10.9. The molecule has 0 unspecified atom stereocenters. The lowest BCUT2D eigenvalue weighted by Crippen LogP contribution is -2.39. The fraction of sp³-hybridized carbons (Fsp3) is 0.333. The van der Waals surface area contributed by atoms with Gasteiger partial charge in [0.2, 0.25) is 5.91 Å². The van der Waals surface area contributed by atoms with Gasteiger partial charge in [0.15, 0.2) is 0 Å². The fourth-order valence-electron chi connectivity index (χ4n) is 3.46. The van der Waals surface area contributed by atoms with Crippen LogP contribution in [0.5, 0.6) is 0 Å². The summed E-state index contributed by atoms with van der Waals surface area (Å²) in [5.41, 5.74) is -4.26. The minimum atomic E-state index is -5.36. The minimum Gasteiger partial charge on any atom is -0.378 e. The van der Waals surface area contributed by atoms with E-state index in [0.717, 1.165) is 24.3 Å². The number of urea groups is 1. The van der Waals surface area contributed by atoms with Crippen molar-refractivity contribution in [1.82, 2.24) is 9.80 Å². The Morgan fingerprint density at radius 2 is 1.65 bits per heavy atom. The lowest BCUT2D eigenvalue weighted by Gasteiger charge is -2.25. The van der Waals surface area contributed by atoms with Crippen molar-refractivity contribution < 1.29 is 40.7 Å². The van der Waals surface area contributed by atoms with E-state index in [2.05, 4.69) is 5.32 Å². The summed E-state index contributed by atoms with van der Waals surface area (Å²) < 4.78 is 89.3. The van der Waals surface area contributed by atoms with E-state index in [0.29, 0.717) is 11.8 Å². The number of rotatable bonds is 5. The summed E-state index contributed by atoms with van der Waals surface area (Å²) in [7, 11) is 2.99. The molecule has 1 aliphatic heterocycles. The molecule has 2 aromatic rings. The molecule has 0 radical (unpaired) electrons. The van der Waals surface area contributed by atoms with Gasteiger partial charge in [-0.25, -0.2) is 4.79 Å². The number of carbonyl (C=O) groups excluding carboxylic acids is 2. The maximum absolute atomic E-state index is 14.1. The van der Waals surface area contributed by atoms with Crippen molar-refractivity contribution in [2.24, 2.45) is 0 Å². The number of amides is 3. The molecule has 1 saturated heterocycles. The Morgan fingerprint density at radius 3 is 2.24 bits per heavy atom. The van der Waals surface area contributed by atoms with Crippen LogP contribution in [0.2, 0.25) is 0 Å². The zero-order chi connectivity index (χ0) is 27.4. The third-order valence-corrected chi connectivity index (χ3v) is 6.26. The van der Waals surface area contributed by atoms with E-state index < -0.39 is 45.9 Å². The molecule has 0 bridgehead atoms. The standard InChI is InChI=1S/C24H23F6N3O3S/c1-32(2)22(35)31-16-4-3-5-17(14-16)37-18-8-6-15(7-9-19(34)33-10-12-36-13-11-33)20(23(25,26)27)21(18)24(28,29)30/h3-9,14H,10-13H2,1-2H3,(H,31,35). The molecular weight excluding hydrogens is 524 g/mol. The number of nitrogens with zero attached hydrogens (tertiary/aromatic N) is 2. The number of benzene rings is 2. The van der Waals surface area contributed by atoms with Crippen molar-refractivity contribution in [2.45, 2.75) is 22.1 Å². The van der Waals surface area contributed by atoms with Gasteiger partial charge in [-0.2, -0.15) is 26.3 Å². The van der Waals surface area contributed by atoms with Crippen LogP contribution in [0.15, 0.2) is 52.3 Å². The van der Waals surface area contributed by atoms with E-state index in [-0.39, 0.29) is 36.9 Å². The summed E-state index contributed by atoms with van der Waals surface area (Å²) >= 11 is 0.479. The Balaban J connectivity index is 2.01. The molecule has 2 aromatic carbocycles. The minimum absolute atomic E-state index is 0.181. The molecule has 37 heavy (non-hydrogen) atoms. The molecule has 200 valence electrons. The molecule has 0 atom stereocenters. The zero-order valence-corrected chi connectivity index (χ0v) is 20.6. The second-order valence-corrected chi connectivity index (χ2v) is 9.24. The van der Waals surface area contributed by atoms with Gasteiger partial charge in [0.05, 0.1) is 24.3 Å². The Morgan fingerprint density at radius 1 is 1.00 bits per heavy atom. The third-order valence-electron chi connectivity index (χ3n) is 5.21. The van der Waals surface area contributed by atoms with Crippen molar-refractivity contribution in [2.75, 3.05) is 45.7 Å². The van der Waals surface area contributed by atoms with Crippen molar-refractivity contribution in [3.8, 4) is 0 Å². The van der Waals surface area contributed by atoms with Crippen LogP contribution in [-0.4, -0.2) is 62.1 Å². The van der Waals surface area contributed by atoms with Gasteiger partial charge in [-0.15, -0.1) is 0 Å². The van der Waals surface area contributed by atoms with Crippen LogP contribution in [0.1, 0.15) is 16.7 Å². The first kappa shape index (κ1) is 28.4. The summed E-state index contributed by atoms with van der Waals surface area (Å²) in [5, 5.41) is 2.53. The van der Waals surface area contributed by atoms with Gasteiger partial charge < -0.3 is 19.9 Å². The van der Waals surface area contributed by atoms with Crippen LogP contribution in [-0.2, 0) is 21.9 Å². The maximum atomic E-state index is 14.1. The van der Waals surface area contributed by atoms with Crippen molar-refractivity contribution >= 4 is 35.5 Å². The van der Waals surface area contributed by atoms with Gasteiger partial charge in [0.1, 0.15) is 0 Å². The van der Waals surface area contributed by atoms with E-state index in [9.17, 15) is 35.9 Å². The molecular formula is C24H23F6N3O3S. The monoisotopic (exact) mass is 547 g/mol. The smallest absolute Gasteiger partial charge is 0.378 e. The van der Waals surface area contributed by atoms with E-state index in [1.165, 1.54) is 48.2 Å². The molecule has 0 aliphatic carbocycles. The van der Waals surface area contributed by atoms with E-state index >= 15 is 0 Å². The van der Waals surface area contributed by atoms with Crippen molar-refractivity contribution in [3.05, 3.63) is 59.2 Å². The largest absolute Gasteiger partial charge is 0.418 e. The van der Waals surface area contributed by atoms with Crippen LogP contribution >= 0.6 is 11.8 Å². The molecule has 1 fully saturated rings. The number of hydrogen-bond donors (Lipinski definition) is 1. The van der Waals surface area contributed by atoms with Gasteiger partial charge >= 0.3 is 18.4 Å². The van der Waals surface area contributed by atoms with Gasteiger partial charge in [0.25, 0.3) is 0 Å². The topological polar surface area (TPSA) is 61.9 Å². The summed E-state index contributed by atoms with van der Waals surface area (Å²) in [4.78, 5) is 26.3. The number of carbonyl (C=O) groups is 2. The highest BCUT2D eigenvalue weighted by atomic mass is 32.2. The second-order valence-electron chi connectivity index (χ2n) is 8.12. The molecule has 0 spiro atoms. The molecule has 0 saturated carbocycles. The second kappa shape index (κ2) is 11.5. The van der Waals surface area contributed by atoms with E-state index in [1.54, 1.807) is 0 Å². The van der Waals surface area contributed by atoms with Gasteiger partial charge in [0, 0.05) is 48.7 Å². The summed E-state index contributed by atoms with van der Waals surface area (Å²) in [5.74, 6) is -0.625. The Hall–Kier alpha value is -3.19. The predicted molar refractivity (Wildman–Crippen MR) is 126 cm³/mol. The van der Waals surface area contributed by atoms with Crippen LogP contribution in [0.25, 0.3) is 6.08 Å². The number of ether oxygens (including phenoxy) is 1. The lowest BCUT2D eigenvalue weighted by atomic mass is 9.99. The average molecular weight is 548 g/mol. The Labute approximate surface area is 213 Å². The quantitative estimate of drug-likeness (QED) is 0.378. The zero-order valence-electron chi connectivity index (χ0n) is 19.7. The number of alkyl halides is 6. The average Bonchev–Trinajstić information content (AvgIpc) is 2.82. The van der Waals surface area contributed by atoms with E-state index in [1.807, 2.05) is 0 Å². The summed E-state index contributed by atoms with van der Waals surface area (Å²) in [6, 6.07) is 7.08. The first-order chi connectivity index (χ1) is 17.3. The summed E-state index contributed by atoms with van der Waals surface area (Å²) in [6.07, 6.45) is -9.12. The number of halogens is 6.